The summed E-state index contributed by atoms with van der Waals surface area (Å²) in [5.74, 6) is 0.942. The minimum Gasteiger partial charge on any atom is -0.496 e. The molecule has 2 aromatic carbocycles. The molecule has 0 N–H and O–H groups in total. The normalized spacial score (nSPS) is 13.6. The highest BCUT2D eigenvalue weighted by atomic mass is 16.6. The van der Waals surface area contributed by atoms with Crippen LogP contribution in [0.4, 0.5) is 11.4 Å². The molecule has 114 valence electrons. The maximum atomic E-state index is 10.9. The molecule has 0 saturated carbocycles. The molecule has 0 aliphatic carbocycles. The van der Waals surface area contributed by atoms with Gasteiger partial charge in [-0.15, -0.1) is 0 Å². The lowest BCUT2D eigenvalue weighted by molar-refractivity contribution is -0.384. The van der Waals surface area contributed by atoms with Crippen molar-refractivity contribution in [1.29, 1.82) is 0 Å². The molecule has 0 saturated heterocycles. The van der Waals surface area contributed by atoms with Gasteiger partial charge in [-0.3, -0.25) is 10.1 Å². The fourth-order valence-electron chi connectivity index (χ4n) is 3.08. The zero-order valence-corrected chi connectivity index (χ0v) is 12.7. The molecule has 3 rings (SSSR count). The molecular weight excluding hydrogens is 280 g/mol. The van der Waals surface area contributed by atoms with Crippen molar-refractivity contribution in [3.63, 3.8) is 0 Å². The number of anilines is 1. The molecule has 0 bridgehead atoms. The van der Waals surface area contributed by atoms with Crippen LogP contribution in [0, 0.1) is 17.0 Å². The zero-order chi connectivity index (χ0) is 15.7. The number of non-ortho nitro benzene ring substituents is 1. The van der Waals surface area contributed by atoms with E-state index in [-0.39, 0.29) is 10.6 Å². The van der Waals surface area contributed by atoms with Crippen molar-refractivity contribution in [3.05, 3.63) is 63.2 Å². The molecule has 0 spiro atoms. The summed E-state index contributed by atoms with van der Waals surface area (Å²) in [7, 11) is 1.70. The number of hydrogen-bond donors (Lipinski definition) is 0. The van der Waals surface area contributed by atoms with Crippen LogP contribution in [0.3, 0.4) is 0 Å². The Kier molecular flexibility index (Phi) is 3.71. The third-order valence-corrected chi connectivity index (χ3v) is 4.17. The first-order valence-electron chi connectivity index (χ1n) is 7.25. The maximum absolute atomic E-state index is 10.9. The van der Waals surface area contributed by atoms with Crippen LogP contribution in [0.1, 0.15) is 16.7 Å². The number of nitro groups is 1. The standard InChI is InChI=1S/C17H18N2O3/c1-12-10-14(19(20)21)6-7-16(12)18-9-8-15-13(11-18)4-3-5-17(15)22-2/h3-7,10H,8-9,11H2,1-2H3. The van der Waals surface area contributed by atoms with Gasteiger partial charge in [0.15, 0.2) is 0 Å². The molecule has 1 aliphatic rings. The van der Waals surface area contributed by atoms with Gasteiger partial charge in [-0.2, -0.15) is 0 Å². The first kappa shape index (κ1) is 14.4. The Morgan fingerprint density at radius 3 is 2.77 bits per heavy atom. The minimum absolute atomic E-state index is 0.139. The average molecular weight is 298 g/mol. The second-order valence-corrected chi connectivity index (χ2v) is 5.50. The number of nitro benzene ring substituents is 1. The number of hydrogen-bond acceptors (Lipinski definition) is 4. The summed E-state index contributed by atoms with van der Waals surface area (Å²) in [6.45, 7) is 3.60. The van der Waals surface area contributed by atoms with Gasteiger partial charge in [-0.25, -0.2) is 0 Å². The molecule has 0 radical (unpaired) electrons. The average Bonchev–Trinajstić information content (AvgIpc) is 2.53. The van der Waals surface area contributed by atoms with Crippen LogP contribution in [0.25, 0.3) is 0 Å². The molecule has 22 heavy (non-hydrogen) atoms. The molecule has 0 amide bonds. The SMILES string of the molecule is COc1cccc2c1CCN(c1ccc([N+](=O)[O-])cc1C)C2. The van der Waals surface area contributed by atoms with Crippen molar-refractivity contribution >= 4 is 11.4 Å². The summed E-state index contributed by atoms with van der Waals surface area (Å²) >= 11 is 0. The zero-order valence-electron chi connectivity index (χ0n) is 12.7. The van der Waals surface area contributed by atoms with Crippen LogP contribution in [-0.2, 0) is 13.0 Å². The van der Waals surface area contributed by atoms with Crippen molar-refractivity contribution in [3.8, 4) is 5.75 Å². The number of aryl methyl sites for hydroxylation is 1. The Morgan fingerprint density at radius 1 is 1.27 bits per heavy atom. The quantitative estimate of drug-likeness (QED) is 0.643. The molecule has 5 heteroatoms. The highest BCUT2D eigenvalue weighted by Crippen LogP contribution is 2.32. The van der Waals surface area contributed by atoms with E-state index in [1.165, 1.54) is 11.1 Å². The number of ether oxygens (including phenoxy) is 1. The molecule has 5 nitrogen and oxygen atoms in total. The van der Waals surface area contributed by atoms with Crippen LogP contribution < -0.4 is 9.64 Å². The molecule has 1 aliphatic heterocycles. The van der Waals surface area contributed by atoms with E-state index in [9.17, 15) is 10.1 Å². The van der Waals surface area contributed by atoms with Gasteiger partial charge in [-0.1, -0.05) is 12.1 Å². The van der Waals surface area contributed by atoms with Crippen molar-refractivity contribution < 1.29 is 9.66 Å². The van der Waals surface area contributed by atoms with Crippen LogP contribution >= 0.6 is 0 Å². The van der Waals surface area contributed by atoms with E-state index in [1.807, 2.05) is 25.1 Å². The fourth-order valence-corrected chi connectivity index (χ4v) is 3.08. The predicted molar refractivity (Wildman–Crippen MR) is 85.6 cm³/mol. The van der Waals surface area contributed by atoms with Crippen LogP contribution in [0.15, 0.2) is 36.4 Å². The Morgan fingerprint density at radius 2 is 2.09 bits per heavy atom. The monoisotopic (exact) mass is 298 g/mol. The Hall–Kier alpha value is -2.56. The Bertz CT molecular complexity index is 728. The third-order valence-electron chi connectivity index (χ3n) is 4.17. The third kappa shape index (κ3) is 2.50. The van der Waals surface area contributed by atoms with E-state index in [0.29, 0.717) is 0 Å². The second-order valence-electron chi connectivity index (χ2n) is 5.50. The molecule has 0 aromatic heterocycles. The van der Waals surface area contributed by atoms with Gasteiger partial charge in [0, 0.05) is 36.5 Å². The highest BCUT2D eigenvalue weighted by Gasteiger charge is 2.21. The van der Waals surface area contributed by atoms with Crippen molar-refractivity contribution in [2.45, 2.75) is 19.9 Å². The summed E-state index contributed by atoms with van der Waals surface area (Å²) in [6.07, 6.45) is 0.912. The highest BCUT2D eigenvalue weighted by molar-refractivity contribution is 5.59. The van der Waals surface area contributed by atoms with E-state index in [0.717, 1.165) is 36.5 Å². The number of nitrogens with zero attached hydrogens (tertiary/aromatic N) is 2. The summed E-state index contributed by atoms with van der Waals surface area (Å²) < 4.78 is 5.43. The molecule has 1 heterocycles. The fraction of sp³-hybridized carbons (Fsp3) is 0.294. The van der Waals surface area contributed by atoms with E-state index in [1.54, 1.807) is 19.2 Å². The van der Waals surface area contributed by atoms with Gasteiger partial charge in [-0.05, 0) is 36.6 Å². The predicted octanol–water partition coefficient (Wildman–Crippen LogP) is 3.47. The maximum Gasteiger partial charge on any atom is 0.269 e. The van der Waals surface area contributed by atoms with Gasteiger partial charge in [0.2, 0.25) is 0 Å². The van der Waals surface area contributed by atoms with Gasteiger partial charge < -0.3 is 9.64 Å². The number of benzene rings is 2. The topological polar surface area (TPSA) is 55.6 Å². The summed E-state index contributed by atoms with van der Waals surface area (Å²) in [4.78, 5) is 12.8. The summed E-state index contributed by atoms with van der Waals surface area (Å²) in [5.41, 5.74) is 4.64. The van der Waals surface area contributed by atoms with Gasteiger partial charge in [0.05, 0.1) is 12.0 Å². The lowest BCUT2D eigenvalue weighted by atomic mass is 9.97. The number of methoxy groups -OCH3 is 1. The van der Waals surface area contributed by atoms with Crippen LogP contribution in [0.5, 0.6) is 5.75 Å². The Balaban J connectivity index is 1.90. The molecule has 0 unspecified atom stereocenters. The van der Waals surface area contributed by atoms with E-state index < -0.39 is 0 Å². The second kappa shape index (κ2) is 5.67. The first-order valence-corrected chi connectivity index (χ1v) is 7.25. The van der Waals surface area contributed by atoms with E-state index in [4.69, 9.17) is 4.74 Å². The number of fused-ring (bicyclic) bond motifs is 1. The summed E-state index contributed by atoms with van der Waals surface area (Å²) in [5, 5.41) is 10.9. The van der Waals surface area contributed by atoms with Gasteiger partial charge in [0.1, 0.15) is 5.75 Å². The summed E-state index contributed by atoms with van der Waals surface area (Å²) in [6, 6.07) is 11.2. The lowest BCUT2D eigenvalue weighted by Crippen LogP contribution is -2.31. The van der Waals surface area contributed by atoms with Gasteiger partial charge >= 0.3 is 0 Å². The minimum atomic E-state index is -0.354. The lowest BCUT2D eigenvalue weighted by Gasteiger charge is -2.32. The molecular formula is C17H18N2O3. The first-order chi connectivity index (χ1) is 10.6. The Labute approximate surface area is 129 Å². The van der Waals surface area contributed by atoms with Crippen molar-refractivity contribution in [2.24, 2.45) is 0 Å². The molecule has 0 fully saturated rings. The smallest absolute Gasteiger partial charge is 0.269 e. The van der Waals surface area contributed by atoms with E-state index >= 15 is 0 Å². The largest absolute Gasteiger partial charge is 0.496 e. The van der Waals surface area contributed by atoms with Crippen LogP contribution in [-0.4, -0.2) is 18.6 Å². The van der Waals surface area contributed by atoms with Crippen molar-refractivity contribution in [2.75, 3.05) is 18.6 Å². The molecule has 0 atom stereocenters. The van der Waals surface area contributed by atoms with Gasteiger partial charge in [0.25, 0.3) is 5.69 Å². The number of rotatable bonds is 3. The van der Waals surface area contributed by atoms with E-state index in [2.05, 4.69) is 11.0 Å². The van der Waals surface area contributed by atoms with Crippen molar-refractivity contribution in [1.82, 2.24) is 0 Å². The van der Waals surface area contributed by atoms with Crippen LogP contribution in [0.2, 0.25) is 0 Å². The molecule has 2 aromatic rings.